The van der Waals surface area contributed by atoms with Crippen LogP contribution in [0.3, 0.4) is 0 Å². The van der Waals surface area contributed by atoms with E-state index in [1.165, 1.54) is 17.7 Å². The Morgan fingerprint density at radius 1 is 1.14 bits per heavy atom. The van der Waals surface area contributed by atoms with Gasteiger partial charge < -0.3 is 19.2 Å². The predicted molar refractivity (Wildman–Crippen MR) is 105 cm³/mol. The summed E-state index contributed by atoms with van der Waals surface area (Å²) in [5, 5.41) is 2.71. The van der Waals surface area contributed by atoms with Crippen LogP contribution in [0.4, 0.5) is 5.69 Å². The van der Waals surface area contributed by atoms with Crippen molar-refractivity contribution in [3.63, 3.8) is 0 Å². The molecule has 1 fully saturated rings. The molecule has 28 heavy (non-hydrogen) atoms. The molecular formula is C21H24N2O5. The molecular weight excluding hydrogens is 360 g/mol. The van der Waals surface area contributed by atoms with Gasteiger partial charge in [0.1, 0.15) is 11.5 Å². The van der Waals surface area contributed by atoms with Crippen LogP contribution < -0.4 is 5.32 Å². The number of benzene rings is 1. The molecule has 1 aliphatic heterocycles. The van der Waals surface area contributed by atoms with E-state index < -0.39 is 11.9 Å². The zero-order valence-electron chi connectivity index (χ0n) is 15.8. The molecule has 3 rings (SSSR count). The van der Waals surface area contributed by atoms with Crippen molar-refractivity contribution in [2.45, 2.75) is 13.5 Å². The van der Waals surface area contributed by atoms with Crippen molar-refractivity contribution in [1.82, 2.24) is 4.90 Å². The van der Waals surface area contributed by atoms with Crippen LogP contribution in [-0.2, 0) is 25.6 Å². The third-order valence-corrected chi connectivity index (χ3v) is 4.24. The van der Waals surface area contributed by atoms with Gasteiger partial charge in [0.15, 0.2) is 6.61 Å². The SMILES string of the molecule is Cc1ccc(/C=C/C(=O)OCC(=O)Nc2ccc(CN3CCOCC3)cc2)o1. The summed E-state index contributed by atoms with van der Waals surface area (Å²) in [6, 6.07) is 11.2. The molecule has 0 saturated carbocycles. The lowest BCUT2D eigenvalue weighted by atomic mass is 10.2. The van der Waals surface area contributed by atoms with Crippen molar-refractivity contribution < 1.29 is 23.5 Å². The third kappa shape index (κ3) is 6.37. The minimum absolute atomic E-state index is 0.351. The van der Waals surface area contributed by atoms with Crippen molar-refractivity contribution in [3.8, 4) is 0 Å². The molecule has 0 radical (unpaired) electrons. The number of ether oxygens (including phenoxy) is 2. The first-order valence-electron chi connectivity index (χ1n) is 9.19. The average Bonchev–Trinajstić information content (AvgIpc) is 3.12. The molecule has 0 aliphatic carbocycles. The highest BCUT2D eigenvalue weighted by Gasteiger charge is 2.11. The monoisotopic (exact) mass is 384 g/mol. The Labute approximate surface area is 163 Å². The number of morpholine rings is 1. The minimum Gasteiger partial charge on any atom is -0.462 e. The second-order valence-corrected chi connectivity index (χ2v) is 6.52. The fourth-order valence-electron chi connectivity index (χ4n) is 2.79. The molecule has 148 valence electrons. The summed E-state index contributed by atoms with van der Waals surface area (Å²) in [6.07, 6.45) is 2.73. The van der Waals surface area contributed by atoms with Gasteiger partial charge in [0.2, 0.25) is 0 Å². The number of aryl methyl sites for hydroxylation is 1. The van der Waals surface area contributed by atoms with Crippen LogP contribution in [0, 0.1) is 6.92 Å². The fraction of sp³-hybridized carbons (Fsp3) is 0.333. The van der Waals surface area contributed by atoms with Gasteiger partial charge in [0.25, 0.3) is 5.91 Å². The molecule has 1 saturated heterocycles. The molecule has 1 N–H and O–H groups in total. The van der Waals surface area contributed by atoms with Crippen molar-refractivity contribution in [2.24, 2.45) is 0 Å². The summed E-state index contributed by atoms with van der Waals surface area (Å²) < 4.78 is 15.6. The molecule has 2 heterocycles. The van der Waals surface area contributed by atoms with Crippen LogP contribution in [0.25, 0.3) is 6.08 Å². The molecule has 7 heteroatoms. The molecule has 0 atom stereocenters. The van der Waals surface area contributed by atoms with E-state index in [9.17, 15) is 9.59 Å². The highest BCUT2D eigenvalue weighted by Crippen LogP contribution is 2.12. The Bertz CT molecular complexity index is 820. The van der Waals surface area contributed by atoms with Crippen LogP contribution in [0.2, 0.25) is 0 Å². The van der Waals surface area contributed by atoms with Crippen molar-refractivity contribution in [2.75, 3.05) is 38.2 Å². The zero-order valence-corrected chi connectivity index (χ0v) is 15.8. The van der Waals surface area contributed by atoms with Gasteiger partial charge in [0.05, 0.1) is 13.2 Å². The largest absolute Gasteiger partial charge is 0.462 e. The number of nitrogens with one attached hydrogen (secondary N) is 1. The summed E-state index contributed by atoms with van der Waals surface area (Å²) >= 11 is 0. The second kappa shape index (κ2) is 9.87. The van der Waals surface area contributed by atoms with Crippen molar-refractivity contribution in [1.29, 1.82) is 0 Å². The lowest BCUT2D eigenvalue weighted by Gasteiger charge is -2.26. The first kappa shape index (κ1) is 19.9. The summed E-state index contributed by atoms with van der Waals surface area (Å²) in [4.78, 5) is 25.9. The number of furan rings is 1. The molecule has 1 amide bonds. The number of hydrogen-bond acceptors (Lipinski definition) is 6. The predicted octanol–water partition coefficient (Wildman–Crippen LogP) is 2.62. The number of carbonyl (C=O) groups excluding carboxylic acids is 2. The van der Waals surface area contributed by atoms with Gasteiger partial charge >= 0.3 is 5.97 Å². The van der Waals surface area contributed by atoms with E-state index in [2.05, 4.69) is 10.2 Å². The molecule has 0 unspecified atom stereocenters. The van der Waals surface area contributed by atoms with Crippen molar-refractivity contribution >= 4 is 23.6 Å². The number of nitrogens with zero attached hydrogens (tertiary/aromatic N) is 1. The van der Waals surface area contributed by atoms with E-state index in [0.29, 0.717) is 11.4 Å². The molecule has 0 bridgehead atoms. The molecule has 1 aromatic carbocycles. The highest BCUT2D eigenvalue weighted by atomic mass is 16.5. The zero-order chi connectivity index (χ0) is 19.8. The van der Waals surface area contributed by atoms with Gasteiger partial charge in [-0.05, 0) is 42.8 Å². The minimum atomic E-state index is -0.606. The van der Waals surface area contributed by atoms with Crippen LogP contribution in [0.5, 0.6) is 0 Å². The van der Waals surface area contributed by atoms with E-state index >= 15 is 0 Å². The summed E-state index contributed by atoms with van der Waals surface area (Å²) in [5.41, 5.74) is 1.83. The maximum absolute atomic E-state index is 11.9. The first-order valence-corrected chi connectivity index (χ1v) is 9.19. The summed E-state index contributed by atoms with van der Waals surface area (Å²) in [5.74, 6) is 0.306. The van der Waals surface area contributed by atoms with Crippen LogP contribution >= 0.6 is 0 Å². The summed E-state index contributed by atoms with van der Waals surface area (Å²) in [7, 11) is 0. The number of esters is 1. The molecule has 1 aliphatic rings. The average molecular weight is 384 g/mol. The Balaban J connectivity index is 1.40. The van der Waals surface area contributed by atoms with Gasteiger partial charge in [-0.25, -0.2) is 4.79 Å². The van der Waals surface area contributed by atoms with Crippen LogP contribution in [0.15, 0.2) is 46.9 Å². The third-order valence-electron chi connectivity index (χ3n) is 4.24. The number of carbonyl (C=O) groups is 2. The Morgan fingerprint density at radius 3 is 2.57 bits per heavy atom. The van der Waals surface area contributed by atoms with E-state index in [1.54, 1.807) is 12.1 Å². The van der Waals surface area contributed by atoms with Crippen LogP contribution in [0.1, 0.15) is 17.1 Å². The summed E-state index contributed by atoms with van der Waals surface area (Å²) in [6.45, 7) is 5.71. The maximum atomic E-state index is 11.9. The molecule has 2 aromatic rings. The number of amides is 1. The number of rotatable bonds is 7. The molecule has 7 nitrogen and oxygen atoms in total. The number of anilines is 1. The highest BCUT2D eigenvalue weighted by molar-refractivity contribution is 5.94. The van der Waals surface area contributed by atoms with Gasteiger partial charge in [-0.1, -0.05) is 12.1 Å². The van der Waals surface area contributed by atoms with E-state index in [4.69, 9.17) is 13.9 Å². The normalized spacial score (nSPS) is 14.9. The van der Waals surface area contributed by atoms with Gasteiger partial charge in [0, 0.05) is 31.4 Å². The smallest absolute Gasteiger partial charge is 0.331 e. The molecule has 0 spiro atoms. The van der Waals surface area contributed by atoms with Crippen LogP contribution in [-0.4, -0.2) is 49.7 Å². The Kier molecular flexibility index (Phi) is 7.00. The van der Waals surface area contributed by atoms with Gasteiger partial charge in [-0.2, -0.15) is 0 Å². The standard InChI is InChI=1S/C21H24N2O5/c1-16-2-7-19(28-16)8-9-21(25)27-15-20(24)22-18-5-3-17(4-6-18)14-23-10-12-26-13-11-23/h2-9H,10-15H2,1H3,(H,22,24)/b9-8+. The lowest BCUT2D eigenvalue weighted by Crippen LogP contribution is -2.35. The fourth-order valence-corrected chi connectivity index (χ4v) is 2.79. The van der Waals surface area contributed by atoms with E-state index in [1.807, 2.05) is 31.2 Å². The van der Waals surface area contributed by atoms with Gasteiger partial charge in [-0.3, -0.25) is 9.69 Å². The van der Waals surface area contributed by atoms with E-state index in [-0.39, 0.29) is 6.61 Å². The maximum Gasteiger partial charge on any atom is 0.331 e. The van der Waals surface area contributed by atoms with E-state index in [0.717, 1.165) is 38.6 Å². The first-order chi connectivity index (χ1) is 13.6. The topological polar surface area (TPSA) is 81.0 Å². The number of hydrogen-bond donors (Lipinski definition) is 1. The second-order valence-electron chi connectivity index (χ2n) is 6.52. The lowest BCUT2D eigenvalue weighted by molar-refractivity contribution is -0.142. The van der Waals surface area contributed by atoms with Crippen molar-refractivity contribution in [3.05, 3.63) is 59.6 Å². The van der Waals surface area contributed by atoms with Gasteiger partial charge in [-0.15, -0.1) is 0 Å². The Hall–Kier alpha value is -2.90. The Morgan fingerprint density at radius 2 is 1.89 bits per heavy atom. The molecule has 1 aromatic heterocycles. The quantitative estimate of drug-likeness (QED) is 0.584.